The second-order valence-electron chi connectivity index (χ2n) is 3.55. The number of hydrogen-bond acceptors (Lipinski definition) is 4. The molecule has 0 amide bonds. The molecule has 0 saturated carbocycles. The Labute approximate surface area is 92.7 Å². The van der Waals surface area contributed by atoms with Crippen LogP contribution in [0.1, 0.15) is 25.7 Å². The molecule has 0 aromatic carbocycles. The first kappa shape index (κ1) is 12.4. The molecule has 1 heterocycles. The Bertz CT molecular complexity index is 313. The van der Waals surface area contributed by atoms with Crippen LogP contribution >= 0.6 is 0 Å². The summed E-state index contributed by atoms with van der Waals surface area (Å²) in [5.74, 6) is -1.69. The van der Waals surface area contributed by atoms with Crippen LogP contribution in [-0.2, 0) is 9.59 Å². The molecule has 1 aliphatic heterocycles. The van der Waals surface area contributed by atoms with E-state index >= 15 is 0 Å². The topological polar surface area (TPSA) is 99.3 Å². The summed E-state index contributed by atoms with van der Waals surface area (Å²) in [4.78, 5) is 29.0. The number of carboxylic acid groups (broad SMARTS) is 2. The predicted molar refractivity (Wildman–Crippen MR) is 58.3 cm³/mol. The van der Waals surface area contributed by atoms with E-state index in [1.165, 1.54) is 0 Å². The zero-order valence-electron chi connectivity index (χ0n) is 8.85. The van der Waals surface area contributed by atoms with E-state index in [4.69, 9.17) is 10.2 Å². The first-order valence-corrected chi connectivity index (χ1v) is 5.06. The van der Waals surface area contributed by atoms with Crippen LogP contribution in [0.15, 0.2) is 9.98 Å². The van der Waals surface area contributed by atoms with Gasteiger partial charge in [0.1, 0.15) is 0 Å². The van der Waals surface area contributed by atoms with Crippen molar-refractivity contribution in [2.75, 3.05) is 13.1 Å². The van der Waals surface area contributed by atoms with E-state index in [0.29, 0.717) is 25.9 Å². The third kappa shape index (κ3) is 4.68. The van der Waals surface area contributed by atoms with Gasteiger partial charge >= 0.3 is 11.9 Å². The normalized spacial score (nSPS) is 15.2. The monoisotopic (exact) mass is 226 g/mol. The Hall–Kier alpha value is -1.72. The van der Waals surface area contributed by atoms with Crippen molar-refractivity contribution in [3.63, 3.8) is 0 Å². The Morgan fingerprint density at radius 2 is 1.31 bits per heavy atom. The molecule has 88 valence electrons. The summed E-state index contributed by atoms with van der Waals surface area (Å²) >= 11 is 0. The lowest BCUT2D eigenvalue weighted by atomic mass is 10.1. The lowest BCUT2D eigenvalue weighted by Gasteiger charge is -2.11. The van der Waals surface area contributed by atoms with Gasteiger partial charge in [0.2, 0.25) is 0 Å². The molecule has 0 bridgehead atoms. The van der Waals surface area contributed by atoms with E-state index in [9.17, 15) is 9.59 Å². The number of nitrogens with zero attached hydrogens (tertiary/aromatic N) is 2. The molecule has 0 unspecified atom stereocenters. The van der Waals surface area contributed by atoms with Gasteiger partial charge in [0, 0.05) is 11.4 Å². The van der Waals surface area contributed by atoms with Crippen LogP contribution in [0.2, 0.25) is 0 Å². The van der Waals surface area contributed by atoms with E-state index in [1.807, 2.05) is 0 Å². The first-order valence-electron chi connectivity index (χ1n) is 5.06. The highest BCUT2D eigenvalue weighted by Gasteiger charge is 2.10. The Kier molecular flexibility index (Phi) is 4.63. The third-order valence-electron chi connectivity index (χ3n) is 2.23. The number of carboxylic acids is 2. The van der Waals surface area contributed by atoms with Gasteiger partial charge in [-0.1, -0.05) is 0 Å². The van der Waals surface area contributed by atoms with Crippen molar-refractivity contribution in [1.82, 2.24) is 0 Å². The van der Waals surface area contributed by atoms with E-state index in [2.05, 4.69) is 9.98 Å². The van der Waals surface area contributed by atoms with Crippen molar-refractivity contribution in [2.24, 2.45) is 9.98 Å². The molecular formula is C10H14N2O4. The number of hydrogen-bond donors (Lipinski definition) is 2. The average Bonchev–Trinajstić information content (AvgIpc) is 2.25. The highest BCUT2D eigenvalue weighted by atomic mass is 16.4. The number of aliphatic carboxylic acids is 2. The van der Waals surface area contributed by atoms with E-state index in [-0.39, 0.29) is 12.8 Å². The predicted octanol–water partition coefficient (Wildman–Crippen LogP) is 0.612. The minimum absolute atomic E-state index is 0.0683. The van der Waals surface area contributed by atoms with Gasteiger partial charge in [0.05, 0.1) is 25.9 Å². The van der Waals surface area contributed by atoms with E-state index < -0.39 is 11.9 Å². The maximum absolute atomic E-state index is 10.3. The Morgan fingerprint density at radius 3 is 1.56 bits per heavy atom. The van der Waals surface area contributed by atoms with Gasteiger partial charge in [-0.25, -0.2) is 0 Å². The molecule has 1 rings (SSSR count). The van der Waals surface area contributed by atoms with Crippen LogP contribution in [0.25, 0.3) is 0 Å². The lowest BCUT2D eigenvalue weighted by molar-refractivity contribution is -0.137. The molecule has 0 atom stereocenters. The standard InChI is InChI=1S/C10H14N2O4/c13-9(14)3-1-7-5-12-8(6-11-7)2-4-10(15)16/h1-6H2,(H,13,14)(H,15,16). The molecule has 0 saturated heterocycles. The molecule has 0 radical (unpaired) electrons. The SMILES string of the molecule is O=C(O)CCC1=NCC(CCC(=O)O)=NC1. The van der Waals surface area contributed by atoms with Gasteiger partial charge < -0.3 is 10.2 Å². The summed E-state index contributed by atoms with van der Waals surface area (Å²) in [6.45, 7) is 0.810. The minimum atomic E-state index is -0.844. The molecular weight excluding hydrogens is 212 g/mol. The van der Waals surface area contributed by atoms with Crippen molar-refractivity contribution in [3.05, 3.63) is 0 Å². The quantitative estimate of drug-likeness (QED) is 0.693. The summed E-state index contributed by atoms with van der Waals surface area (Å²) in [6, 6.07) is 0. The second kappa shape index (κ2) is 5.99. The molecule has 0 aliphatic carbocycles. The van der Waals surface area contributed by atoms with Crippen molar-refractivity contribution in [1.29, 1.82) is 0 Å². The van der Waals surface area contributed by atoms with Crippen molar-refractivity contribution < 1.29 is 19.8 Å². The van der Waals surface area contributed by atoms with Crippen LogP contribution in [0.3, 0.4) is 0 Å². The molecule has 6 heteroatoms. The summed E-state index contributed by atoms with van der Waals surface area (Å²) in [7, 11) is 0. The van der Waals surface area contributed by atoms with Gasteiger partial charge in [-0.15, -0.1) is 0 Å². The van der Waals surface area contributed by atoms with Crippen LogP contribution < -0.4 is 0 Å². The molecule has 6 nitrogen and oxygen atoms in total. The molecule has 0 aromatic heterocycles. The summed E-state index contributed by atoms with van der Waals surface area (Å²) in [5, 5.41) is 17.0. The summed E-state index contributed by atoms with van der Waals surface area (Å²) in [6.07, 6.45) is 0.980. The van der Waals surface area contributed by atoms with Crippen LogP contribution in [0.5, 0.6) is 0 Å². The third-order valence-corrected chi connectivity index (χ3v) is 2.23. The number of aliphatic imine (C=N–C) groups is 2. The second-order valence-corrected chi connectivity index (χ2v) is 3.55. The van der Waals surface area contributed by atoms with Crippen molar-refractivity contribution in [3.8, 4) is 0 Å². The molecule has 2 N–H and O–H groups in total. The summed E-state index contributed by atoms with van der Waals surface area (Å²) < 4.78 is 0. The molecule has 0 fully saturated rings. The molecule has 0 aromatic rings. The maximum Gasteiger partial charge on any atom is 0.303 e. The minimum Gasteiger partial charge on any atom is -0.481 e. The average molecular weight is 226 g/mol. The molecule has 0 spiro atoms. The zero-order valence-corrected chi connectivity index (χ0v) is 8.85. The highest BCUT2D eigenvalue weighted by molar-refractivity contribution is 5.98. The van der Waals surface area contributed by atoms with E-state index in [0.717, 1.165) is 11.4 Å². The lowest BCUT2D eigenvalue weighted by Crippen LogP contribution is -2.18. The van der Waals surface area contributed by atoms with Gasteiger partial charge in [-0.3, -0.25) is 19.6 Å². The van der Waals surface area contributed by atoms with Crippen LogP contribution in [0.4, 0.5) is 0 Å². The molecule has 1 aliphatic rings. The Morgan fingerprint density at radius 1 is 0.938 bits per heavy atom. The highest BCUT2D eigenvalue weighted by Crippen LogP contribution is 2.04. The van der Waals surface area contributed by atoms with Crippen LogP contribution in [0, 0.1) is 0 Å². The number of rotatable bonds is 6. The zero-order chi connectivity index (χ0) is 12.0. The fraction of sp³-hybridized carbons (Fsp3) is 0.600. The summed E-state index contributed by atoms with van der Waals surface area (Å²) in [5.41, 5.74) is 1.56. The fourth-order valence-corrected chi connectivity index (χ4v) is 1.32. The molecule has 16 heavy (non-hydrogen) atoms. The smallest absolute Gasteiger partial charge is 0.303 e. The Balaban J connectivity index is 2.29. The van der Waals surface area contributed by atoms with Gasteiger partial charge in [-0.2, -0.15) is 0 Å². The van der Waals surface area contributed by atoms with Gasteiger partial charge in [0.15, 0.2) is 0 Å². The maximum atomic E-state index is 10.3. The van der Waals surface area contributed by atoms with E-state index in [1.54, 1.807) is 0 Å². The van der Waals surface area contributed by atoms with Crippen LogP contribution in [-0.4, -0.2) is 46.7 Å². The van der Waals surface area contributed by atoms with Crippen molar-refractivity contribution >= 4 is 23.4 Å². The first-order chi connectivity index (χ1) is 7.58. The number of carbonyl (C=O) groups is 2. The largest absolute Gasteiger partial charge is 0.481 e. The van der Waals surface area contributed by atoms with Crippen molar-refractivity contribution in [2.45, 2.75) is 25.7 Å². The van der Waals surface area contributed by atoms with Gasteiger partial charge in [-0.05, 0) is 12.8 Å². The fourth-order valence-electron chi connectivity index (χ4n) is 1.32. The van der Waals surface area contributed by atoms with Gasteiger partial charge in [0.25, 0.3) is 0 Å².